The highest BCUT2D eigenvalue weighted by Crippen LogP contribution is 2.28. The van der Waals surface area contributed by atoms with Crippen molar-refractivity contribution in [2.24, 2.45) is 5.84 Å². The van der Waals surface area contributed by atoms with Gasteiger partial charge in [-0.3, -0.25) is 11.3 Å². The molecule has 0 aliphatic heterocycles. The van der Waals surface area contributed by atoms with Crippen LogP contribution in [0.4, 0.5) is 8.78 Å². The highest BCUT2D eigenvalue weighted by molar-refractivity contribution is 9.10. The average Bonchev–Trinajstić information content (AvgIpc) is 2.41. The zero-order valence-corrected chi connectivity index (χ0v) is 12.7. The molecule has 0 aliphatic rings. The summed E-state index contributed by atoms with van der Waals surface area (Å²) in [6.45, 7) is 0. The minimum atomic E-state index is -0.421. The summed E-state index contributed by atoms with van der Waals surface area (Å²) in [5.74, 6) is 4.72. The summed E-state index contributed by atoms with van der Waals surface area (Å²) in [6.07, 6.45) is 0.279. The molecule has 106 valence electrons. The molecule has 0 fully saturated rings. The molecular weight excluding hydrogens is 350 g/mol. The van der Waals surface area contributed by atoms with Gasteiger partial charge in [0.2, 0.25) is 0 Å². The number of hydrazine groups is 1. The van der Waals surface area contributed by atoms with E-state index in [4.69, 9.17) is 17.4 Å². The molecular formula is C14H12BrClF2N2. The Morgan fingerprint density at radius 1 is 1.20 bits per heavy atom. The number of halogens is 4. The van der Waals surface area contributed by atoms with Crippen LogP contribution in [0.15, 0.2) is 40.9 Å². The van der Waals surface area contributed by atoms with E-state index in [2.05, 4.69) is 21.4 Å². The molecule has 6 heteroatoms. The van der Waals surface area contributed by atoms with Gasteiger partial charge in [-0.05, 0) is 47.9 Å². The molecule has 0 aliphatic carbocycles. The average molecular weight is 362 g/mol. The van der Waals surface area contributed by atoms with Gasteiger partial charge in [-0.15, -0.1) is 0 Å². The Labute approximate surface area is 129 Å². The first-order valence-corrected chi connectivity index (χ1v) is 7.03. The minimum Gasteiger partial charge on any atom is -0.271 e. The molecule has 1 atom stereocenters. The first kappa shape index (κ1) is 15.4. The highest BCUT2D eigenvalue weighted by Gasteiger charge is 2.16. The van der Waals surface area contributed by atoms with Gasteiger partial charge in [0.15, 0.2) is 0 Å². The quantitative estimate of drug-likeness (QED) is 0.635. The van der Waals surface area contributed by atoms with E-state index in [-0.39, 0.29) is 12.2 Å². The van der Waals surface area contributed by atoms with Gasteiger partial charge in [0.05, 0.1) is 6.04 Å². The van der Waals surface area contributed by atoms with E-state index in [1.807, 2.05) is 0 Å². The van der Waals surface area contributed by atoms with E-state index >= 15 is 0 Å². The van der Waals surface area contributed by atoms with Crippen LogP contribution in [0.5, 0.6) is 0 Å². The van der Waals surface area contributed by atoms with E-state index in [9.17, 15) is 8.78 Å². The molecule has 1 unspecified atom stereocenters. The normalized spacial score (nSPS) is 12.4. The smallest absolute Gasteiger partial charge is 0.127 e. The van der Waals surface area contributed by atoms with Crippen LogP contribution in [0.1, 0.15) is 17.2 Å². The molecule has 20 heavy (non-hydrogen) atoms. The third kappa shape index (κ3) is 3.55. The maximum Gasteiger partial charge on any atom is 0.127 e. The molecule has 0 spiro atoms. The summed E-state index contributed by atoms with van der Waals surface area (Å²) in [5, 5.41) is 0.329. The monoisotopic (exact) mass is 360 g/mol. The van der Waals surface area contributed by atoms with Gasteiger partial charge in [-0.25, -0.2) is 8.78 Å². The number of benzene rings is 2. The zero-order chi connectivity index (χ0) is 14.7. The van der Waals surface area contributed by atoms with Gasteiger partial charge in [-0.2, -0.15) is 0 Å². The molecule has 2 rings (SSSR count). The van der Waals surface area contributed by atoms with Crippen molar-refractivity contribution in [2.45, 2.75) is 12.5 Å². The Morgan fingerprint density at radius 2 is 1.95 bits per heavy atom. The largest absolute Gasteiger partial charge is 0.271 e. The number of nitrogens with two attached hydrogens (primary N) is 1. The second-order valence-electron chi connectivity index (χ2n) is 4.32. The van der Waals surface area contributed by atoms with Crippen LogP contribution in [0.2, 0.25) is 5.02 Å². The summed E-state index contributed by atoms with van der Waals surface area (Å²) < 4.78 is 27.8. The molecule has 0 radical (unpaired) electrons. The molecule has 0 heterocycles. The lowest BCUT2D eigenvalue weighted by Crippen LogP contribution is -2.30. The van der Waals surface area contributed by atoms with E-state index in [0.717, 1.165) is 0 Å². The topological polar surface area (TPSA) is 38.0 Å². The van der Waals surface area contributed by atoms with E-state index < -0.39 is 11.9 Å². The molecule has 3 N–H and O–H groups in total. The van der Waals surface area contributed by atoms with E-state index in [0.29, 0.717) is 20.6 Å². The first-order valence-electron chi connectivity index (χ1n) is 5.86. The Morgan fingerprint density at radius 3 is 2.60 bits per heavy atom. The standard InChI is InChI=1S/C14H12BrClF2N2/c15-12-4-3-10(17)7-11(12)14(20-19)5-8-1-2-9(16)6-13(8)18/h1-4,6-7,14,20H,5,19H2. The molecule has 2 nitrogen and oxygen atoms in total. The van der Waals surface area contributed by atoms with Gasteiger partial charge in [0, 0.05) is 9.50 Å². The fourth-order valence-electron chi connectivity index (χ4n) is 1.95. The van der Waals surface area contributed by atoms with Crippen LogP contribution < -0.4 is 11.3 Å². The predicted octanol–water partition coefficient (Wildman–Crippen LogP) is 4.13. The van der Waals surface area contributed by atoms with Crippen LogP contribution in [0, 0.1) is 11.6 Å². The summed E-state index contributed by atoms with van der Waals surface area (Å²) in [4.78, 5) is 0. The lowest BCUT2D eigenvalue weighted by Gasteiger charge is -2.18. The SMILES string of the molecule is NNC(Cc1ccc(Cl)cc1F)c1cc(F)ccc1Br. The fraction of sp³-hybridized carbons (Fsp3) is 0.143. The van der Waals surface area contributed by atoms with Crippen LogP contribution in [0.3, 0.4) is 0 Å². The maximum absolute atomic E-state index is 13.8. The zero-order valence-electron chi connectivity index (χ0n) is 10.3. The second kappa shape index (κ2) is 6.63. The van der Waals surface area contributed by atoms with Crippen LogP contribution in [-0.2, 0) is 6.42 Å². The van der Waals surface area contributed by atoms with Gasteiger partial charge in [0.1, 0.15) is 11.6 Å². The van der Waals surface area contributed by atoms with Crippen molar-refractivity contribution >= 4 is 27.5 Å². The molecule has 0 saturated heterocycles. The number of hydrogen-bond donors (Lipinski definition) is 2. The van der Waals surface area contributed by atoms with Crippen molar-refractivity contribution < 1.29 is 8.78 Å². The fourth-order valence-corrected chi connectivity index (χ4v) is 2.63. The number of nitrogens with one attached hydrogen (secondary N) is 1. The molecule has 0 aromatic heterocycles. The Bertz CT molecular complexity index is 622. The summed E-state index contributed by atoms with van der Waals surface area (Å²) in [5.41, 5.74) is 3.66. The Hall–Kier alpha value is -1.01. The Balaban J connectivity index is 2.31. The van der Waals surface area contributed by atoms with Crippen molar-refractivity contribution in [3.05, 3.63) is 68.7 Å². The summed E-state index contributed by atoms with van der Waals surface area (Å²) in [7, 11) is 0. The van der Waals surface area contributed by atoms with Gasteiger partial charge in [-0.1, -0.05) is 33.6 Å². The van der Waals surface area contributed by atoms with Gasteiger partial charge in [0.25, 0.3) is 0 Å². The number of hydrogen-bond acceptors (Lipinski definition) is 2. The second-order valence-corrected chi connectivity index (χ2v) is 5.62. The maximum atomic E-state index is 13.8. The van der Waals surface area contributed by atoms with Crippen molar-refractivity contribution in [3.8, 4) is 0 Å². The van der Waals surface area contributed by atoms with Crippen molar-refractivity contribution in [3.63, 3.8) is 0 Å². The molecule has 2 aromatic rings. The van der Waals surface area contributed by atoms with Gasteiger partial charge < -0.3 is 0 Å². The Kier molecular flexibility index (Phi) is 5.10. The third-order valence-corrected chi connectivity index (χ3v) is 3.93. The molecule has 0 saturated carbocycles. The van der Waals surface area contributed by atoms with E-state index in [1.54, 1.807) is 18.2 Å². The van der Waals surface area contributed by atoms with Crippen LogP contribution >= 0.6 is 27.5 Å². The van der Waals surface area contributed by atoms with Gasteiger partial charge >= 0.3 is 0 Å². The molecule has 2 aromatic carbocycles. The van der Waals surface area contributed by atoms with Crippen LogP contribution in [0.25, 0.3) is 0 Å². The first-order chi connectivity index (χ1) is 9.51. The van der Waals surface area contributed by atoms with Crippen LogP contribution in [-0.4, -0.2) is 0 Å². The minimum absolute atomic E-state index is 0.279. The summed E-state index contributed by atoms with van der Waals surface area (Å²) in [6, 6.07) is 8.31. The third-order valence-electron chi connectivity index (χ3n) is 2.97. The van der Waals surface area contributed by atoms with Crippen molar-refractivity contribution in [2.75, 3.05) is 0 Å². The number of rotatable bonds is 4. The lowest BCUT2D eigenvalue weighted by atomic mass is 9.99. The van der Waals surface area contributed by atoms with E-state index in [1.165, 1.54) is 18.2 Å². The molecule has 0 bridgehead atoms. The summed E-state index contributed by atoms with van der Waals surface area (Å²) >= 11 is 9.05. The lowest BCUT2D eigenvalue weighted by molar-refractivity contribution is 0.523. The predicted molar refractivity (Wildman–Crippen MR) is 79.3 cm³/mol. The van der Waals surface area contributed by atoms with Crippen molar-refractivity contribution in [1.29, 1.82) is 0 Å². The molecule has 0 amide bonds. The highest BCUT2D eigenvalue weighted by atomic mass is 79.9. The van der Waals surface area contributed by atoms with Crippen molar-refractivity contribution in [1.82, 2.24) is 5.43 Å².